The van der Waals surface area contributed by atoms with Crippen molar-refractivity contribution in [3.63, 3.8) is 0 Å². The summed E-state index contributed by atoms with van der Waals surface area (Å²) in [5.41, 5.74) is 0.106. The highest BCUT2D eigenvalue weighted by Crippen LogP contribution is 2.29. The van der Waals surface area contributed by atoms with Gasteiger partial charge in [0.15, 0.2) is 0 Å². The Kier molecular flexibility index (Phi) is 5.14. The molecule has 0 bridgehead atoms. The lowest BCUT2D eigenvalue weighted by Gasteiger charge is -2.07. The molecule has 0 fully saturated rings. The van der Waals surface area contributed by atoms with E-state index in [0.29, 0.717) is 22.5 Å². The highest BCUT2D eigenvalue weighted by atomic mass is 35.5. The Morgan fingerprint density at radius 2 is 2.24 bits per heavy atom. The summed E-state index contributed by atoms with van der Waals surface area (Å²) >= 11 is 7.21. The first-order chi connectivity index (χ1) is 9.95. The van der Waals surface area contributed by atoms with Crippen LogP contribution in [0, 0.1) is 5.92 Å². The number of aromatic amines is 1. The van der Waals surface area contributed by atoms with Crippen LogP contribution in [0.25, 0.3) is 10.6 Å². The lowest BCUT2D eigenvalue weighted by atomic mass is 10.1. The number of thiophene rings is 1. The summed E-state index contributed by atoms with van der Waals surface area (Å²) < 4.78 is 0.616. The molecule has 0 radical (unpaired) electrons. The maximum atomic E-state index is 12.0. The third kappa shape index (κ3) is 4.41. The van der Waals surface area contributed by atoms with Crippen LogP contribution >= 0.6 is 22.9 Å². The van der Waals surface area contributed by atoms with Crippen molar-refractivity contribution in [3.05, 3.63) is 38.7 Å². The van der Waals surface area contributed by atoms with Crippen molar-refractivity contribution in [1.29, 1.82) is 0 Å². The quantitative estimate of drug-likeness (QED) is 0.887. The van der Waals surface area contributed by atoms with Gasteiger partial charge in [0.1, 0.15) is 5.69 Å². The van der Waals surface area contributed by atoms with Crippen LogP contribution < -0.4 is 11.0 Å². The van der Waals surface area contributed by atoms with Gasteiger partial charge < -0.3 is 10.3 Å². The van der Waals surface area contributed by atoms with Crippen molar-refractivity contribution in [3.8, 4) is 10.6 Å². The molecule has 1 amide bonds. The number of nitrogens with one attached hydrogen (secondary N) is 2. The molecule has 0 saturated heterocycles. The van der Waals surface area contributed by atoms with Gasteiger partial charge in [0.25, 0.3) is 5.91 Å². The number of rotatable bonds is 5. The van der Waals surface area contributed by atoms with E-state index < -0.39 is 5.69 Å². The molecule has 0 spiro atoms. The fourth-order valence-corrected chi connectivity index (χ4v) is 2.75. The summed E-state index contributed by atoms with van der Waals surface area (Å²) in [5, 5.41) is 2.76. The Balaban J connectivity index is 2.19. The number of carbonyl (C=O) groups is 1. The highest BCUT2D eigenvalue weighted by Gasteiger charge is 2.12. The van der Waals surface area contributed by atoms with E-state index in [1.54, 1.807) is 18.2 Å². The van der Waals surface area contributed by atoms with Crippen LogP contribution in [0.4, 0.5) is 0 Å². The number of amides is 1. The molecule has 0 unspecified atom stereocenters. The Hall–Kier alpha value is -1.66. The van der Waals surface area contributed by atoms with Gasteiger partial charge in [0.05, 0.1) is 14.9 Å². The summed E-state index contributed by atoms with van der Waals surface area (Å²) in [4.78, 5) is 30.7. The van der Waals surface area contributed by atoms with Crippen molar-refractivity contribution in [1.82, 2.24) is 15.3 Å². The van der Waals surface area contributed by atoms with Gasteiger partial charge in [-0.15, -0.1) is 11.3 Å². The number of hydrogen-bond acceptors (Lipinski definition) is 4. The molecule has 2 N–H and O–H groups in total. The van der Waals surface area contributed by atoms with Crippen molar-refractivity contribution in [2.75, 3.05) is 6.54 Å². The molecule has 2 rings (SSSR count). The number of carbonyl (C=O) groups excluding carboxylic acids is 1. The fraction of sp³-hybridized carbons (Fsp3) is 0.357. The lowest BCUT2D eigenvalue weighted by molar-refractivity contribution is 0.0946. The minimum Gasteiger partial charge on any atom is -0.351 e. The van der Waals surface area contributed by atoms with Crippen LogP contribution in [0.2, 0.25) is 4.34 Å². The first kappa shape index (κ1) is 15.7. The standard InChI is InChI=1S/C14H16ClN3O2S/c1-8(2)5-6-16-13(19)10-7-9(17-14(20)18-10)11-3-4-12(15)21-11/h3-4,7-8H,5-6H2,1-2H3,(H,16,19)(H,17,18,20). The predicted molar refractivity (Wildman–Crippen MR) is 85.0 cm³/mol. The van der Waals surface area contributed by atoms with Gasteiger partial charge in [0, 0.05) is 6.54 Å². The van der Waals surface area contributed by atoms with Crippen LogP contribution in [0.15, 0.2) is 23.0 Å². The number of hydrogen-bond donors (Lipinski definition) is 2. The maximum Gasteiger partial charge on any atom is 0.346 e. The van der Waals surface area contributed by atoms with Crippen LogP contribution in [0.1, 0.15) is 30.8 Å². The minimum absolute atomic E-state index is 0.113. The van der Waals surface area contributed by atoms with Gasteiger partial charge in [-0.3, -0.25) is 4.79 Å². The van der Waals surface area contributed by atoms with E-state index >= 15 is 0 Å². The SMILES string of the molecule is CC(C)CCNC(=O)c1cc(-c2ccc(Cl)s2)[nH]c(=O)n1. The van der Waals surface area contributed by atoms with Crippen molar-refractivity contribution in [2.45, 2.75) is 20.3 Å². The molecule has 0 atom stereocenters. The average Bonchev–Trinajstić information content (AvgIpc) is 2.84. The molecule has 0 saturated carbocycles. The van der Waals surface area contributed by atoms with Gasteiger partial charge in [-0.05, 0) is 30.5 Å². The second-order valence-electron chi connectivity index (χ2n) is 5.03. The van der Waals surface area contributed by atoms with Gasteiger partial charge in [-0.2, -0.15) is 4.98 Å². The third-order valence-corrected chi connectivity index (χ3v) is 4.09. The molecular formula is C14H16ClN3O2S. The molecule has 0 aliphatic carbocycles. The van der Waals surface area contributed by atoms with Crippen LogP contribution in [0.3, 0.4) is 0 Å². The molecule has 0 aromatic carbocycles. The van der Waals surface area contributed by atoms with E-state index in [-0.39, 0.29) is 11.6 Å². The summed E-state index contributed by atoms with van der Waals surface area (Å²) in [7, 11) is 0. The van der Waals surface area contributed by atoms with Crippen LogP contribution in [-0.4, -0.2) is 22.4 Å². The van der Waals surface area contributed by atoms with E-state index in [1.165, 1.54) is 11.3 Å². The Morgan fingerprint density at radius 3 is 2.86 bits per heavy atom. The van der Waals surface area contributed by atoms with Crippen LogP contribution in [0.5, 0.6) is 0 Å². The summed E-state index contributed by atoms with van der Waals surface area (Å²) in [6.07, 6.45) is 0.877. The molecule has 0 aliphatic rings. The van der Waals surface area contributed by atoms with Gasteiger partial charge >= 0.3 is 5.69 Å². The summed E-state index contributed by atoms with van der Waals surface area (Å²) in [6.45, 7) is 4.72. The zero-order valence-electron chi connectivity index (χ0n) is 11.8. The predicted octanol–water partition coefficient (Wildman–Crippen LogP) is 2.93. The largest absolute Gasteiger partial charge is 0.351 e. The van der Waals surface area contributed by atoms with Crippen molar-refractivity contribution < 1.29 is 4.79 Å². The lowest BCUT2D eigenvalue weighted by Crippen LogP contribution is -2.28. The molecule has 0 aliphatic heterocycles. The zero-order chi connectivity index (χ0) is 15.4. The van der Waals surface area contributed by atoms with Gasteiger partial charge in [-0.25, -0.2) is 4.79 Å². The number of halogens is 1. The van der Waals surface area contributed by atoms with Gasteiger partial charge in [0.2, 0.25) is 0 Å². The van der Waals surface area contributed by atoms with Crippen molar-refractivity contribution in [2.24, 2.45) is 5.92 Å². The molecule has 112 valence electrons. The van der Waals surface area contributed by atoms with Crippen molar-refractivity contribution >= 4 is 28.8 Å². The molecule has 21 heavy (non-hydrogen) atoms. The van der Waals surface area contributed by atoms with E-state index in [2.05, 4.69) is 29.1 Å². The molecule has 2 heterocycles. The van der Waals surface area contributed by atoms with Gasteiger partial charge in [-0.1, -0.05) is 25.4 Å². The normalized spacial score (nSPS) is 10.9. The average molecular weight is 326 g/mol. The zero-order valence-corrected chi connectivity index (χ0v) is 13.3. The first-order valence-corrected chi connectivity index (χ1v) is 7.80. The smallest absolute Gasteiger partial charge is 0.346 e. The fourth-order valence-electron chi connectivity index (χ4n) is 1.73. The molecule has 7 heteroatoms. The van der Waals surface area contributed by atoms with E-state index in [0.717, 1.165) is 11.3 Å². The second kappa shape index (κ2) is 6.87. The highest BCUT2D eigenvalue weighted by molar-refractivity contribution is 7.19. The number of aromatic nitrogens is 2. The van der Waals surface area contributed by atoms with E-state index in [9.17, 15) is 9.59 Å². The van der Waals surface area contributed by atoms with E-state index in [1.807, 2.05) is 0 Å². The minimum atomic E-state index is -0.550. The second-order valence-corrected chi connectivity index (χ2v) is 6.74. The first-order valence-electron chi connectivity index (χ1n) is 6.61. The summed E-state index contributed by atoms with van der Waals surface area (Å²) in [5.74, 6) is 0.159. The number of H-pyrrole nitrogens is 1. The monoisotopic (exact) mass is 325 g/mol. The summed E-state index contributed by atoms with van der Waals surface area (Å²) in [6, 6.07) is 5.09. The van der Waals surface area contributed by atoms with E-state index in [4.69, 9.17) is 11.6 Å². The Morgan fingerprint density at radius 1 is 1.48 bits per heavy atom. The topological polar surface area (TPSA) is 74.8 Å². The Labute approximate surface area is 131 Å². The Bertz CT molecular complexity index is 694. The third-order valence-electron chi connectivity index (χ3n) is 2.82. The molecule has 5 nitrogen and oxygen atoms in total. The molecule has 2 aromatic rings. The molecule has 2 aromatic heterocycles. The maximum absolute atomic E-state index is 12.0. The number of nitrogens with zero attached hydrogens (tertiary/aromatic N) is 1. The van der Waals surface area contributed by atoms with Crippen LogP contribution in [-0.2, 0) is 0 Å². The molecular weight excluding hydrogens is 310 g/mol.